The molecule has 1 amide bonds. The minimum atomic E-state index is -3.39. The van der Waals surface area contributed by atoms with Crippen molar-refractivity contribution in [2.24, 2.45) is 0 Å². The van der Waals surface area contributed by atoms with E-state index in [2.05, 4.69) is 26.8 Å². The van der Waals surface area contributed by atoms with Gasteiger partial charge in [-0.15, -0.1) is 0 Å². The summed E-state index contributed by atoms with van der Waals surface area (Å²) in [6, 6.07) is 12.7. The molecule has 2 aromatic rings. The number of nitrogens with one attached hydrogen (secondary N) is 2. The molecule has 0 radical (unpaired) electrons. The van der Waals surface area contributed by atoms with E-state index in [0.29, 0.717) is 16.9 Å². The highest BCUT2D eigenvalue weighted by Crippen LogP contribution is 2.22. The Morgan fingerprint density at radius 3 is 2.28 bits per heavy atom. The van der Waals surface area contributed by atoms with Crippen LogP contribution in [-0.4, -0.2) is 58.2 Å². The first-order chi connectivity index (χ1) is 13.7. The molecule has 0 atom stereocenters. The van der Waals surface area contributed by atoms with Crippen LogP contribution < -0.4 is 14.9 Å². The van der Waals surface area contributed by atoms with Crippen molar-refractivity contribution in [2.75, 3.05) is 53.9 Å². The number of benzene rings is 2. The lowest BCUT2D eigenvalue weighted by Gasteiger charge is -2.35. The van der Waals surface area contributed by atoms with Gasteiger partial charge in [0.15, 0.2) is 0 Å². The molecule has 0 aromatic heterocycles. The van der Waals surface area contributed by atoms with Crippen molar-refractivity contribution in [3.05, 3.63) is 53.6 Å². The van der Waals surface area contributed by atoms with Gasteiger partial charge in [0, 0.05) is 43.1 Å². The summed E-state index contributed by atoms with van der Waals surface area (Å²) >= 11 is 0. The molecule has 0 saturated carbocycles. The van der Waals surface area contributed by atoms with Gasteiger partial charge in [-0.05, 0) is 55.4 Å². The maximum atomic E-state index is 12.6. The van der Waals surface area contributed by atoms with Gasteiger partial charge >= 0.3 is 0 Å². The van der Waals surface area contributed by atoms with Crippen LogP contribution in [0, 0.1) is 6.92 Å². The first kappa shape index (κ1) is 21.1. The number of likely N-dealkylation sites (N-methyl/N-ethyl adjacent to an activating group) is 1. The van der Waals surface area contributed by atoms with Gasteiger partial charge in [-0.1, -0.05) is 13.0 Å². The Balaban J connectivity index is 1.66. The summed E-state index contributed by atoms with van der Waals surface area (Å²) in [5.74, 6) is -0.235. The number of rotatable bonds is 6. The third-order valence-corrected chi connectivity index (χ3v) is 5.70. The van der Waals surface area contributed by atoms with Gasteiger partial charge in [0.1, 0.15) is 0 Å². The van der Waals surface area contributed by atoms with E-state index >= 15 is 0 Å². The van der Waals surface area contributed by atoms with E-state index in [9.17, 15) is 13.2 Å². The Morgan fingerprint density at radius 1 is 1.03 bits per heavy atom. The summed E-state index contributed by atoms with van der Waals surface area (Å²) in [4.78, 5) is 17.3. The molecule has 3 rings (SSSR count). The van der Waals surface area contributed by atoms with Gasteiger partial charge in [0.05, 0.1) is 11.9 Å². The summed E-state index contributed by atoms with van der Waals surface area (Å²) in [7, 11) is -3.39. The smallest absolute Gasteiger partial charge is 0.255 e. The van der Waals surface area contributed by atoms with E-state index in [4.69, 9.17) is 0 Å². The highest BCUT2D eigenvalue weighted by Gasteiger charge is 2.16. The van der Waals surface area contributed by atoms with Crippen LogP contribution in [0.25, 0.3) is 0 Å². The fourth-order valence-corrected chi connectivity index (χ4v) is 3.98. The fraction of sp³-hybridized carbons (Fsp3) is 0.381. The number of carbonyl (C=O) groups is 1. The van der Waals surface area contributed by atoms with Crippen LogP contribution in [0.1, 0.15) is 22.8 Å². The van der Waals surface area contributed by atoms with Crippen LogP contribution in [0.4, 0.5) is 17.1 Å². The van der Waals surface area contributed by atoms with E-state index < -0.39 is 10.0 Å². The number of aryl methyl sites for hydroxylation is 1. The third kappa shape index (κ3) is 5.71. The van der Waals surface area contributed by atoms with Gasteiger partial charge < -0.3 is 15.1 Å². The zero-order chi connectivity index (χ0) is 21.0. The average Bonchev–Trinajstić information content (AvgIpc) is 2.69. The maximum absolute atomic E-state index is 12.6. The van der Waals surface area contributed by atoms with Crippen LogP contribution >= 0.6 is 0 Å². The number of nitrogens with zero attached hydrogens (tertiary/aromatic N) is 2. The number of hydrogen-bond acceptors (Lipinski definition) is 5. The number of anilines is 3. The summed E-state index contributed by atoms with van der Waals surface area (Å²) < 4.78 is 25.5. The summed E-state index contributed by atoms with van der Waals surface area (Å²) in [6.45, 7) is 9.13. The molecule has 1 heterocycles. The van der Waals surface area contributed by atoms with Crippen molar-refractivity contribution in [3.8, 4) is 0 Å². The zero-order valence-electron chi connectivity index (χ0n) is 17.1. The molecule has 7 nitrogen and oxygen atoms in total. The molecule has 1 aliphatic rings. The molecule has 8 heteroatoms. The largest absolute Gasteiger partial charge is 0.369 e. The highest BCUT2D eigenvalue weighted by molar-refractivity contribution is 7.92. The topological polar surface area (TPSA) is 81.8 Å². The number of sulfonamides is 1. The third-order valence-electron chi connectivity index (χ3n) is 5.10. The maximum Gasteiger partial charge on any atom is 0.255 e. The molecule has 1 aliphatic heterocycles. The summed E-state index contributed by atoms with van der Waals surface area (Å²) in [5.41, 5.74) is 3.44. The molecule has 2 N–H and O–H groups in total. The Morgan fingerprint density at radius 2 is 1.69 bits per heavy atom. The molecule has 29 heavy (non-hydrogen) atoms. The Bertz CT molecular complexity index is 966. The molecule has 2 aromatic carbocycles. The monoisotopic (exact) mass is 416 g/mol. The van der Waals surface area contributed by atoms with Crippen molar-refractivity contribution in [3.63, 3.8) is 0 Å². The summed E-state index contributed by atoms with van der Waals surface area (Å²) in [6.07, 6.45) is 1.10. The van der Waals surface area contributed by atoms with Crippen LogP contribution in [-0.2, 0) is 10.0 Å². The predicted octanol–water partition coefficient (Wildman–Crippen LogP) is 2.76. The Kier molecular flexibility index (Phi) is 6.44. The normalized spacial score (nSPS) is 15.2. The molecular formula is C21H28N4O3S. The van der Waals surface area contributed by atoms with Crippen molar-refractivity contribution in [1.29, 1.82) is 0 Å². The Hall–Kier alpha value is -2.58. The minimum absolute atomic E-state index is 0.235. The molecule has 1 fully saturated rings. The number of hydrogen-bond donors (Lipinski definition) is 2. The minimum Gasteiger partial charge on any atom is -0.369 e. The van der Waals surface area contributed by atoms with Crippen molar-refractivity contribution >= 4 is 33.0 Å². The van der Waals surface area contributed by atoms with Gasteiger partial charge in [0.25, 0.3) is 5.91 Å². The molecule has 0 unspecified atom stereocenters. The van der Waals surface area contributed by atoms with Crippen LogP contribution in [0.5, 0.6) is 0 Å². The average molecular weight is 417 g/mol. The van der Waals surface area contributed by atoms with E-state index in [0.717, 1.165) is 50.2 Å². The van der Waals surface area contributed by atoms with Gasteiger partial charge in [-0.3, -0.25) is 9.52 Å². The van der Waals surface area contributed by atoms with Crippen LogP contribution in [0.2, 0.25) is 0 Å². The van der Waals surface area contributed by atoms with Crippen LogP contribution in [0.3, 0.4) is 0 Å². The second-order valence-electron chi connectivity index (χ2n) is 7.33. The van der Waals surface area contributed by atoms with Crippen molar-refractivity contribution < 1.29 is 13.2 Å². The first-order valence-electron chi connectivity index (χ1n) is 9.72. The number of piperazine rings is 1. The van der Waals surface area contributed by atoms with Crippen molar-refractivity contribution in [1.82, 2.24) is 4.90 Å². The highest BCUT2D eigenvalue weighted by atomic mass is 32.2. The fourth-order valence-electron chi connectivity index (χ4n) is 3.36. The lowest BCUT2D eigenvalue weighted by Crippen LogP contribution is -2.46. The number of amides is 1. The molecule has 0 bridgehead atoms. The van der Waals surface area contributed by atoms with Gasteiger partial charge in [-0.2, -0.15) is 0 Å². The molecule has 0 spiro atoms. The second kappa shape index (κ2) is 8.84. The van der Waals surface area contributed by atoms with E-state index in [-0.39, 0.29) is 5.91 Å². The molecule has 1 saturated heterocycles. The Labute approximate surface area is 172 Å². The van der Waals surface area contributed by atoms with Crippen molar-refractivity contribution in [2.45, 2.75) is 13.8 Å². The van der Waals surface area contributed by atoms with Gasteiger partial charge in [0.2, 0.25) is 10.0 Å². The molecule has 0 aliphatic carbocycles. The second-order valence-corrected chi connectivity index (χ2v) is 9.07. The predicted molar refractivity (Wildman–Crippen MR) is 118 cm³/mol. The quantitative estimate of drug-likeness (QED) is 0.757. The zero-order valence-corrected chi connectivity index (χ0v) is 17.9. The first-order valence-corrected chi connectivity index (χ1v) is 11.6. The molecule has 156 valence electrons. The number of carbonyl (C=O) groups excluding carboxylic acids is 1. The van der Waals surface area contributed by atoms with Gasteiger partial charge in [-0.25, -0.2) is 8.42 Å². The lowest BCUT2D eigenvalue weighted by molar-refractivity contribution is 0.102. The van der Waals surface area contributed by atoms with Crippen LogP contribution in [0.15, 0.2) is 42.5 Å². The lowest BCUT2D eigenvalue weighted by atomic mass is 10.1. The molecular weight excluding hydrogens is 388 g/mol. The van der Waals surface area contributed by atoms with E-state index in [1.54, 1.807) is 25.1 Å². The summed E-state index contributed by atoms with van der Waals surface area (Å²) in [5, 5.41) is 2.83. The SMILES string of the molecule is CCN1CCN(c2ccc(C(=O)Nc3ccc(C)c(NS(C)(=O)=O)c3)cc2)CC1. The van der Waals surface area contributed by atoms with E-state index in [1.165, 1.54) is 0 Å². The van der Waals surface area contributed by atoms with E-state index in [1.807, 2.05) is 24.3 Å². The standard InChI is InChI=1S/C21H28N4O3S/c1-4-24-11-13-25(14-12-24)19-9-6-17(7-10-19)21(26)22-18-8-5-16(2)20(15-18)23-29(3,27)28/h5-10,15,23H,4,11-14H2,1-3H3,(H,22,26).